The lowest BCUT2D eigenvalue weighted by molar-refractivity contribution is 0.0521. The van der Waals surface area contributed by atoms with Crippen LogP contribution in [-0.4, -0.2) is 22.8 Å². The Morgan fingerprint density at radius 3 is 2.62 bits per heavy atom. The van der Waals surface area contributed by atoms with Crippen LogP contribution in [0.5, 0.6) is 0 Å². The molecule has 0 amide bonds. The van der Waals surface area contributed by atoms with Crippen LogP contribution in [0.3, 0.4) is 0 Å². The smallest absolute Gasteiger partial charge is 0.360 e. The summed E-state index contributed by atoms with van der Waals surface area (Å²) in [5.41, 5.74) is 2.32. The van der Waals surface area contributed by atoms with Gasteiger partial charge in [0.05, 0.1) is 17.0 Å². The molecule has 29 heavy (non-hydrogen) atoms. The van der Waals surface area contributed by atoms with Crippen molar-refractivity contribution in [1.29, 1.82) is 0 Å². The minimum atomic E-state index is -0.419. The summed E-state index contributed by atoms with van der Waals surface area (Å²) in [5.74, 6) is 0.100. The summed E-state index contributed by atoms with van der Waals surface area (Å²) < 4.78 is 6.05. The number of fused-ring (bicyclic) bond motifs is 1. The third-order valence-corrected chi connectivity index (χ3v) is 6.41. The fourth-order valence-electron chi connectivity index (χ4n) is 3.41. The fourth-order valence-corrected chi connectivity index (χ4v) is 4.69. The lowest BCUT2D eigenvalue weighted by Gasteiger charge is -2.11. The highest BCUT2D eigenvalue weighted by molar-refractivity contribution is 7.22. The number of unbranched alkanes of at least 4 members (excludes halogenated alkanes) is 2. The Labute approximate surface area is 181 Å². The molecule has 0 bridgehead atoms. The molecular formula is C23H27ClN2O2S. The first kappa shape index (κ1) is 21.7. The molecule has 0 saturated carbocycles. The van der Waals surface area contributed by atoms with Crippen LogP contribution in [0.4, 0.5) is 0 Å². The first-order valence-electron chi connectivity index (χ1n) is 10.3. The SMILES string of the molecule is CCCCCC(C)Cc1nnc(C(=O)OCC)c2sc(-c3ccc(Cl)cc3)cc12. The number of rotatable bonds is 9. The van der Waals surface area contributed by atoms with Gasteiger partial charge in [0.25, 0.3) is 0 Å². The molecule has 0 aliphatic carbocycles. The molecule has 1 aromatic carbocycles. The third-order valence-electron chi connectivity index (χ3n) is 4.97. The zero-order valence-electron chi connectivity index (χ0n) is 17.2. The number of ether oxygens (including phenoxy) is 1. The van der Waals surface area contributed by atoms with Gasteiger partial charge in [-0.3, -0.25) is 0 Å². The van der Waals surface area contributed by atoms with Gasteiger partial charge in [-0.25, -0.2) is 4.79 Å². The maximum atomic E-state index is 12.4. The Kier molecular flexibility index (Phi) is 7.62. The Hall–Kier alpha value is -1.98. The summed E-state index contributed by atoms with van der Waals surface area (Å²) in [5, 5.41) is 10.4. The highest BCUT2D eigenvalue weighted by Crippen LogP contribution is 2.37. The Morgan fingerprint density at radius 2 is 1.93 bits per heavy atom. The molecule has 0 aliphatic rings. The number of thiophene rings is 1. The van der Waals surface area contributed by atoms with E-state index in [0.717, 1.165) is 32.6 Å². The molecule has 4 nitrogen and oxygen atoms in total. The van der Waals surface area contributed by atoms with E-state index in [1.165, 1.54) is 25.7 Å². The van der Waals surface area contributed by atoms with Gasteiger partial charge >= 0.3 is 5.97 Å². The van der Waals surface area contributed by atoms with Crippen molar-refractivity contribution in [3.8, 4) is 10.4 Å². The van der Waals surface area contributed by atoms with E-state index in [0.29, 0.717) is 23.2 Å². The highest BCUT2D eigenvalue weighted by Gasteiger charge is 2.21. The molecule has 154 valence electrons. The number of nitrogens with zero attached hydrogens (tertiary/aromatic N) is 2. The van der Waals surface area contributed by atoms with Crippen LogP contribution in [0.15, 0.2) is 30.3 Å². The van der Waals surface area contributed by atoms with Crippen molar-refractivity contribution < 1.29 is 9.53 Å². The van der Waals surface area contributed by atoms with Gasteiger partial charge in [0.2, 0.25) is 0 Å². The molecule has 1 unspecified atom stereocenters. The quantitative estimate of drug-likeness (QED) is 0.272. The predicted molar refractivity (Wildman–Crippen MR) is 121 cm³/mol. The van der Waals surface area contributed by atoms with Gasteiger partial charge in [0.1, 0.15) is 0 Å². The molecule has 0 aliphatic heterocycles. The van der Waals surface area contributed by atoms with Crippen LogP contribution in [0, 0.1) is 5.92 Å². The average molecular weight is 431 g/mol. The second kappa shape index (κ2) is 10.2. The van der Waals surface area contributed by atoms with E-state index in [1.807, 2.05) is 24.3 Å². The van der Waals surface area contributed by atoms with Crippen molar-refractivity contribution in [2.75, 3.05) is 6.61 Å². The van der Waals surface area contributed by atoms with Crippen LogP contribution in [0.2, 0.25) is 5.02 Å². The van der Waals surface area contributed by atoms with Gasteiger partial charge in [-0.2, -0.15) is 5.10 Å². The van der Waals surface area contributed by atoms with E-state index >= 15 is 0 Å². The van der Waals surface area contributed by atoms with Gasteiger partial charge in [0, 0.05) is 15.3 Å². The minimum Gasteiger partial charge on any atom is -0.461 e. The second-order valence-corrected chi connectivity index (χ2v) is 8.87. The number of carbonyl (C=O) groups is 1. The molecule has 3 rings (SSSR count). The first-order chi connectivity index (χ1) is 14.0. The van der Waals surface area contributed by atoms with Gasteiger partial charge in [-0.15, -0.1) is 16.4 Å². The van der Waals surface area contributed by atoms with E-state index in [9.17, 15) is 4.79 Å². The van der Waals surface area contributed by atoms with E-state index in [1.54, 1.807) is 18.3 Å². The van der Waals surface area contributed by atoms with E-state index in [2.05, 4.69) is 30.1 Å². The summed E-state index contributed by atoms with van der Waals surface area (Å²) in [6, 6.07) is 9.85. The van der Waals surface area contributed by atoms with Crippen LogP contribution in [0.25, 0.3) is 20.5 Å². The number of hydrogen-bond acceptors (Lipinski definition) is 5. The van der Waals surface area contributed by atoms with Gasteiger partial charge < -0.3 is 4.74 Å². The number of benzene rings is 1. The van der Waals surface area contributed by atoms with E-state index in [-0.39, 0.29) is 0 Å². The molecule has 2 aromatic heterocycles. The largest absolute Gasteiger partial charge is 0.461 e. The Morgan fingerprint density at radius 1 is 1.17 bits per heavy atom. The fraction of sp³-hybridized carbons (Fsp3) is 0.435. The lowest BCUT2D eigenvalue weighted by atomic mass is 9.97. The second-order valence-electron chi connectivity index (χ2n) is 7.38. The zero-order valence-corrected chi connectivity index (χ0v) is 18.8. The molecule has 0 radical (unpaired) electrons. The molecule has 0 spiro atoms. The zero-order chi connectivity index (χ0) is 20.8. The molecule has 3 aromatic rings. The predicted octanol–water partition coefficient (Wildman–Crippen LogP) is 6.95. The van der Waals surface area contributed by atoms with Crippen molar-refractivity contribution in [2.24, 2.45) is 5.92 Å². The topological polar surface area (TPSA) is 52.1 Å². The van der Waals surface area contributed by atoms with Gasteiger partial charge in [-0.1, -0.05) is 63.3 Å². The molecule has 6 heteroatoms. The van der Waals surface area contributed by atoms with Gasteiger partial charge in [-0.05, 0) is 43.0 Å². The normalized spacial score (nSPS) is 12.3. The van der Waals surface area contributed by atoms with Crippen LogP contribution < -0.4 is 0 Å². The summed E-state index contributed by atoms with van der Waals surface area (Å²) in [6.45, 7) is 6.59. The number of esters is 1. The van der Waals surface area contributed by atoms with Crippen molar-refractivity contribution >= 4 is 39.0 Å². The number of carbonyl (C=O) groups excluding carboxylic acids is 1. The maximum absolute atomic E-state index is 12.4. The Balaban J connectivity index is 2.00. The molecular weight excluding hydrogens is 404 g/mol. The summed E-state index contributed by atoms with van der Waals surface area (Å²) in [6.07, 6.45) is 5.74. The standard InChI is InChI=1S/C23H27ClN2O2S/c1-4-6-7-8-15(3)13-19-18-14-20(16-9-11-17(24)12-10-16)29-22(18)21(26-25-19)23(27)28-5-2/h9-12,14-15H,4-8,13H2,1-3H3. The van der Waals surface area contributed by atoms with Crippen LogP contribution in [-0.2, 0) is 11.2 Å². The third kappa shape index (κ3) is 5.34. The lowest BCUT2D eigenvalue weighted by Crippen LogP contribution is -2.11. The average Bonchev–Trinajstić information content (AvgIpc) is 3.15. The summed E-state index contributed by atoms with van der Waals surface area (Å²) in [7, 11) is 0. The van der Waals surface area contributed by atoms with Crippen molar-refractivity contribution in [1.82, 2.24) is 10.2 Å². The molecule has 0 N–H and O–H groups in total. The van der Waals surface area contributed by atoms with Crippen molar-refractivity contribution in [2.45, 2.75) is 52.9 Å². The number of halogens is 1. The molecule has 1 atom stereocenters. The maximum Gasteiger partial charge on any atom is 0.360 e. The number of aromatic nitrogens is 2. The summed E-state index contributed by atoms with van der Waals surface area (Å²) >= 11 is 7.59. The summed E-state index contributed by atoms with van der Waals surface area (Å²) in [4.78, 5) is 13.5. The molecule has 0 fully saturated rings. The minimum absolute atomic E-state index is 0.300. The Bertz CT molecular complexity index is 969. The first-order valence-corrected chi connectivity index (χ1v) is 11.4. The van der Waals surface area contributed by atoms with Crippen molar-refractivity contribution in [3.63, 3.8) is 0 Å². The van der Waals surface area contributed by atoms with E-state index in [4.69, 9.17) is 16.3 Å². The molecule has 0 saturated heterocycles. The highest BCUT2D eigenvalue weighted by atomic mass is 35.5. The monoisotopic (exact) mass is 430 g/mol. The van der Waals surface area contributed by atoms with E-state index < -0.39 is 5.97 Å². The molecule has 2 heterocycles. The van der Waals surface area contributed by atoms with Crippen molar-refractivity contribution in [3.05, 3.63) is 46.7 Å². The van der Waals surface area contributed by atoms with Gasteiger partial charge in [0.15, 0.2) is 5.69 Å². The number of hydrogen-bond donors (Lipinski definition) is 0. The van der Waals surface area contributed by atoms with Crippen LogP contribution in [0.1, 0.15) is 62.6 Å². The van der Waals surface area contributed by atoms with Crippen LogP contribution >= 0.6 is 22.9 Å².